The van der Waals surface area contributed by atoms with Crippen molar-refractivity contribution >= 4 is 5.91 Å². The standard InChI is InChI=1S/C13H19NO/c1-4-10(2)13(15)14-11(3)12-8-6-5-7-9-12/h5-11H,4H2,1-3H3,(H,14,15)/t10-,11+/m0/s1. The minimum atomic E-state index is 0.0905. The van der Waals surface area contributed by atoms with Crippen molar-refractivity contribution < 1.29 is 4.79 Å². The molecule has 0 heterocycles. The minimum absolute atomic E-state index is 0.0905. The monoisotopic (exact) mass is 205 g/mol. The van der Waals surface area contributed by atoms with Crippen molar-refractivity contribution in [1.29, 1.82) is 0 Å². The fraction of sp³-hybridized carbons (Fsp3) is 0.462. The van der Waals surface area contributed by atoms with E-state index in [2.05, 4.69) is 5.32 Å². The highest BCUT2D eigenvalue weighted by molar-refractivity contribution is 5.78. The highest BCUT2D eigenvalue weighted by Gasteiger charge is 2.13. The lowest BCUT2D eigenvalue weighted by Gasteiger charge is -2.16. The van der Waals surface area contributed by atoms with E-state index >= 15 is 0 Å². The summed E-state index contributed by atoms with van der Waals surface area (Å²) < 4.78 is 0. The quantitative estimate of drug-likeness (QED) is 0.804. The maximum Gasteiger partial charge on any atom is 0.223 e. The zero-order valence-electron chi connectivity index (χ0n) is 9.66. The maximum absolute atomic E-state index is 11.6. The second-order valence-corrected chi connectivity index (χ2v) is 3.95. The Morgan fingerprint density at radius 3 is 2.40 bits per heavy atom. The lowest BCUT2D eigenvalue weighted by atomic mass is 10.1. The van der Waals surface area contributed by atoms with Gasteiger partial charge in [0, 0.05) is 5.92 Å². The third kappa shape index (κ3) is 3.39. The van der Waals surface area contributed by atoms with Crippen LogP contribution in [0.25, 0.3) is 0 Å². The molecule has 82 valence electrons. The summed E-state index contributed by atoms with van der Waals surface area (Å²) in [6.07, 6.45) is 0.882. The Labute approximate surface area is 91.7 Å². The highest BCUT2D eigenvalue weighted by Crippen LogP contribution is 2.12. The third-order valence-electron chi connectivity index (χ3n) is 2.72. The fourth-order valence-electron chi connectivity index (χ4n) is 1.37. The summed E-state index contributed by atoms with van der Waals surface area (Å²) in [6, 6.07) is 10.1. The minimum Gasteiger partial charge on any atom is -0.349 e. The number of hydrogen-bond acceptors (Lipinski definition) is 1. The van der Waals surface area contributed by atoms with Crippen molar-refractivity contribution in [2.24, 2.45) is 5.92 Å². The molecule has 1 aromatic rings. The molecule has 0 spiro atoms. The van der Waals surface area contributed by atoms with E-state index in [1.54, 1.807) is 0 Å². The van der Waals surface area contributed by atoms with E-state index in [0.29, 0.717) is 0 Å². The molecule has 2 atom stereocenters. The molecule has 0 aliphatic carbocycles. The van der Waals surface area contributed by atoms with Gasteiger partial charge in [0.1, 0.15) is 0 Å². The van der Waals surface area contributed by atoms with E-state index in [-0.39, 0.29) is 17.9 Å². The van der Waals surface area contributed by atoms with Gasteiger partial charge in [-0.2, -0.15) is 0 Å². The molecule has 0 fully saturated rings. The van der Waals surface area contributed by atoms with Gasteiger partial charge in [0.25, 0.3) is 0 Å². The normalized spacial score (nSPS) is 14.3. The lowest BCUT2D eigenvalue weighted by molar-refractivity contribution is -0.125. The van der Waals surface area contributed by atoms with Gasteiger partial charge in [-0.3, -0.25) is 4.79 Å². The summed E-state index contributed by atoms with van der Waals surface area (Å²) in [4.78, 5) is 11.6. The number of hydrogen-bond donors (Lipinski definition) is 1. The first-order chi connectivity index (χ1) is 7.15. The van der Waals surface area contributed by atoms with E-state index in [0.717, 1.165) is 12.0 Å². The molecule has 1 aromatic carbocycles. The molecule has 0 aromatic heterocycles. The predicted molar refractivity (Wildman–Crippen MR) is 62.5 cm³/mol. The Hall–Kier alpha value is -1.31. The van der Waals surface area contributed by atoms with Crippen LogP contribution >= 0.6 is 0 Å². The third-order valence-corrected chi connectivity index (χ3v) is 2.72. The smallest absolute Gasteiger partial charge is 0.223 e. The summed E-state index contributed by atoms with van der Waals surface area (Å²) in [5, 5.41) is 3.01. The van der Waals surface area contributed by atoms with Crippen LogP contribution in [0, 0.1) is 5.92 Å². The summed E-state index contributed by atoms with van der Waals surface area (Å²) in [7, 11) is 0. The van der Waals surface area contributed by atoms with Gasteiger partial charge in [0.05, 0.1) is 6.04 Å². The van der Waals surface area contributed by atoms with Crippen LogP contribution in [0.1, 0.15) is 38.8 Å². The molecule has 0 radical (unpaired) electrons. The Balaban J connectivity index is 2.56. The van der Waals surface area contributed by atoms with Gasteiger partial charge in [0.15, 0.2) is 0 Å². The molecule has 0 aliphatic heterocycles. The zero-order valence-corrected chi connectivity index (χ0v) is 9.66. The Morgan fingerprint density at radius 1 is 1.27 bits per heavy atom. The molecule has 2 nitrogen and oxygen atoms in total. The van der Waals surface area contributed by atoms with Crippen molar-refractivity contribution in [1.82, 2.24) is 5.32 Å². The fourth-order valence-corrected chi connectivity index (χ4v) is 1.37. The molecule has 1 amide bonds. The topological polar surface area (TPSA) is 29.1 Å². The van der Waals surface area contributed by atoms with Crippen LogP contribution in [0.5, 0.6) is 0 Å². The molecule has 0 saturated carbocycles. The average Bonchev–Trinajstić information content (AvgIpc) is 2.29. The van der Waals surface area contributed by atoms with Crippen molar-refractivity contribution in [3.8, 4) is 0 Å². The van der Waals surface area contributed by atoms with Crippen LogP contribution in [-0.4, -0.2) is 5.91 Å². The second-order valence-electron chi connectivity index (χ2n) is 3.95. The van der Waals surface area contributed by atoms with E-state index < -0.39 is 0 Å². The molecular weight excluding hydrogens is 186 g/mol. The molecule has 2 heteroatoms. The molecule has 1 N–H and O–H groups in total. The first-order valence-electron chi connectivity index (χ1n) is 5.50. The summed E-state index contributed by atoms with van der Waals surface area (Å²) >= 11 is 0. The van der Waals surface area contributed by atoms with Crippen molar-refractivity contribution in [3.63, 3.8) is 0 Å². The predicted octanol–water partition coefficient (Wildman–Crippen LogP) is 2.91. The van der Waals surface area contributed by atoms with Gasteiger partial charge in [-0.05, 0) is 18.9 Å². The molecule has 0 bridgehead atoms. The van der Waals surface area contributed by atoms with Crippen LogP contribution in [0.4, 0.5) is 0 Å². The SMILES string of the molecule is CC[C@H](C)C(=O)N[C@H](C)c1ccccc1. The van der Waals surface area contributed by atoms with E-state index in [1.165, 1.54) is 0 Å². The van der Waals surface area contributed by atoms with E-state index in [1.807, 2.05) is 51.1 Å². The lowest BCUT2D eigenvalue weighted by Crippen LogP contribution is -2.31. The van der Waals surface area contributed by atoms with Gasteiger partial charge in [0.2, 0.25) is 5.91 Å². The Kier molecular flexibility index (Phi) is 4.35. The van der Waals surface area contributed by atoms with Gasteiger partial charge >= 0.3 is 0 Å². The van der Waals surface area contributed by atoms with E-state index in [4.69, 9.17) is 0 Å². The van der Waals surface area contributed by atoms with Gasteiger partial charge in [-0.15, -0.1) is 0 Å². The van der Waals surface area contributed by atoms with Crippen LogP contribution < -0.4 is 5.32 Å². The largest absolute Gasteiger partial charge is 0.349 e. The van der Waals surface area contributed by atoms with Crippen molar-refractivity contribution in [2.45, 2.75) is 33.2 Å². The number of carbonyl (C=O) groups excluding carboxylic acids is 1. The molecule has 0 unspecified atom stereocenters. The van der Waals surface area contributed by atoms with Crippen LogP contribution in [0.2, 0.25) is 0 Å². The van der Waals surface area contributed by atoms with Crippen LogP contribution in [0.15, 0.2) is 30.3 Å². The summed E-state index contributed by atoms with van der Waals surface area (Å²) in [5.74, 6) is 0.227. The van der Waals surface area contributed by atoms with Gasteiger partial charge in [-0.25, -0.2) is 0 Å². The number of benzene rings is 1. The summed E-state index contributed by atoms with van der Waals surface area (Å²) in [6.45, 7) is 5.99. The Morgan fingerprint density at radius 2 is 1.87 bits per heavy atom. The number of rotatable bonds is 4. The van der Waals surface area contributed by atoms with Crippen LogP contribution in [-0.2, 0) is 4.79 Å². The summed E-state index contributed by atoms with van der Waals surface area (Å²) in [5.41, 5.74) is 1.15. The maximum atomic E-state index is 11.6. The number of carbonyl (C=O) groups is 1. The Bertz CT molecular complexity index is 308. The van der Waals surface area contributed by atoms with Gasteiger partial charge in [-0.1, -0.05) is 44.2 Å². The first kappa shape index (κ1) is 11.8. The van der Waals surface area contributed by atoms with Crippen molar-refractivity contribution in [2.75, 3.05) is 0 Å². The van der Waals surface area contributed by atoms with E-state index in [9.17, 15) is 4.79 Å². The first-order valence-corrected chi connectivity index (χ1v) is 5.50. The molecule has 1 rings (SSSR count). The van der Waals surface area contributed by atoms with Crippen LogP contribution in [0.3, 0.4) is 0 Å². The molecule has 0 aliphatic rings. The van der Waals surface area contributed by atoms with Gasteiger partial charge < -0.3 is 5.32 Å². The number of amides is 1. The number of nitrogens with one attached hydrogen (secondary N) is 1. The molecule has 15 heavy (non-hydrogen) atoms. The average molecular weight is 205 g/mol. The highest BCUT2D eigenvalue weighted by atomic mass is 16.1. The molecular formula is C13H19NO. The zero-order chi connectivity index (χ0) is 11.3. The molecule has 0 saturated heterocycles. The second kappa shape index (κ2) is 5.54. The van der Waals surface area contributed by atoms with Crippen molar-refractivity contribution in [3.05, 3.63) is 35.9 Å².